The Hall–Kier alpha value is -3.54. The van der Waals surface area contributed by atoms with Crippen molar-refractivity contribution in [2.45, 2.75) is 50.7 Å². The first-order chi connectivity index (χ1) is 18.4. The van der Waals surface area contributed by atoms with E-state index in [4.69, 9.17) is 0 Å². The maximum Gasteiger partial charge on any atom is 0.418 e. The smallest absolute Gasteiger partial charge is 0.318 e. The monoisotopic (exact) mass is 546 g/mol. The molecule has 3 aromatic heterocycles. The number of aromatic nitrogens is 5. The summed E-state index contributed by atoms with van der Waals surface area (Å²) in [7, 11) is 1.49. The van der Waals surface area contributed by atoms with Gasteiger partial charge in [0.15, 0.2) is 17.7 Å². The molecule has 0 bridgehead atoms. The summed E-state index contributed by atoms with van der Waals surface area (Å²) >= 11 is 0. The van der Waals surface area contributed by atoms with Crippen molar-refractivity contribution in [2.24, 2.45) is 12.5 Å². The van der Waals surface area contributed by atoms with E-state index < -0.39 is 29.3 Å². The standard InChI is InChI=1S/C27H27F5N6O/c1-25(29,22(28)23-34-33-16-35(23)2)18-4-3-5-19(11-18)37-14-21-20(27(30,31)32)10-17(13-38(21)24(37)39)12-36-9-8-26(15-36)6-7-26/h3-5,10-11,13-14,16,22H,6-9,12,15H2,1-2H3/t22-,25-/m0/s1. The number of hydrogen-bond acceptors (Lipinski definition) is 4. The fraction of sp³-hybridized carbons (Fsp3) is 0.444. The zero-order valence-corrected chi connectivity index (χ0v) is 21.4. The highest BCUT2D eigenvalue weighted by Gasteiger charge is 2.47. The van der Waals surface area contributed by atoms with Gasteiger partial charge in [0.1, 0.15) is 6.33 Å². The summed E-state index contributed by atoms with van der Waals surface area (Å²) in [6.07, 6.45) is 0.252. The average molecular weight is 547 g/mol. The second kappa shape index (κ2) is 8.73. The average Bonchev–Trinajstić information content (AvgIpc) is 3.16. The van der Waals surface area contributed by atoms with Crippen molar-refractivity contribution in [1.82, 2.24) is 28.6 Å². The molecule has 0 amide bonds. The van der Waals surface area contributed by atoms with E-state index >= 15 is 8.78 Å². The molecule has 0 N–H and O–H groups in total. The molecule has 0 unspecified atom stereocenters. The third kappa shape index (κ3) is 4.44. The molecule has 1 aliphatic carbocycles. The van der Waals surface area contributed by atoms with E-state index in [0.717, 1.165) is 60.5 Å². The summed E-state index contributed by atoms with van der Waals surface area (Å²) < 4.78 is 76.6. The number of alkyl halides is 5. The number of likely N-dealkylation sites (tertiary alicyclic amines) is 1. The van der Waals surface area contributed by atoms with Crippen molar-refractivity contribution in [2.75, 3.05) is 13.1 Å². The van der Waals surface area contributed by atoms with Crippen molar-refractivity contribution < 1.29 is 22.0 Å². The Labute approximate surface area is 220 Å². The summed E-state index contributed by atoms with van der Waals surface area (Å²) in [6.45, 7) is 3.02. The second-order valence-corrected chi connectivity index (χ2v) is 11.0. The summed E-state index contributed by atoms with van der Waals surface area (Å²) in [6, 6.07) is 6.61. The summed E-state index contributed by atoms with van der Waals surface area (Å²) in [5, 5.41) is 7.24. The van der Waals surface area contributed by atoms with Crippen LogP contribution >= 0.6 is 0 Å². The quantitative estimate of drug-likeness (QED) is 0.315. The maximum atomic E-state index is 15.8. The van der Waals surface area contributed by atoms with Crippen LogP contribution in [0.3, 0.4) is 0 Å². The van der Waals surface area contributed by atoms with E-state index in [1.165, 1.54) is 48.4 Å². The largest absolute Gasteiger partial charge is 0.418 e. The van der Waals surface area contributed by atoms with Crippen LogP contribution in [0.5, 0.6) is 0 Å². The van der Waals surface area contributed by atoms with Gasteiger partial charge in [0.05, 0.1) is 16.8 Å². The first-order valence-electron chi connectivity index (χ1n) is 12.7. The molecule has 1 spiro atoms. The molecule has 0 radical (unpaired) electrons. The minimum atomic E-state index is -4.69. The Morgan fingerprint density at radius 2 is 1.87 bits per heavy atom. The van der Waals surface area contributed by atoms with Gasteiger partial charge >= 0.3 is 11.9 Å². The minimum absolute atomic E-state index is 0.0996. The molecule has 2 fully saturated rings. The fourth-order valence-corrected chi connectivity index (χ4v) is 5.62. The molecule has 2 atom stereocenters. The molecule has 39 heavy (non-hydrogen) atoms. The van der Waals surface area contributed by atoms with Crippen LogP contribution in [-0.4, -0.2) is 41.7 Å². The van der Waals surface area contributed by atoms with Crippen LogP contribution in [0.25, 0.3) is 11.2 Å². The second-order valence-electron chi connectivity index (χ2n) is 11.0. The number of benzene rings is 1. The third-order valence-electron chi connectivity index (χ3n) is 8.15. The number of rotatable bonds is 6. The summed E-state index contributed by atoms with van der Waals surface area (Å²) in [4.78, 5) is 15.5. The first-order valence-corrected chi connectivity index (χ1v) is 12.7. The van der Waals surface area contributed by atoms with Crippen LogP contribution in [0.4, 0.5) is 22.0 Å². The Balaban J connectivity index is 1.39. The number of pyridine rings is 1. The molecular weight excluding hydrogens is 519 g/mol. The zero-order valence-electron chi connectivity index (χ0n) is 21.4. The molecular formula is C27H27F5N6O. The van der Waals surface area contributed by atoms with Crippen LogP contribution in [0.2, 0.25) is 0 Å². The lowest BCUT2D eigenvalue weighted by Crippen LogP contribution is -2.25. The van der Waals surface area contributed by atoms with Gasteiger partial charge < -0.3 is 4.57 Å². The number of halogens is 5. The van der Waals surface area contributed by atoms with Gasteiger partial charge in [-0.3, -0.25) is 13.9 Å². The highest BCUT2D eigenvalue weighted by molar-refractivity contribution is 5.58. The van der Waals surface area contributed by atoms with E-state index in [9.17, 15) is 18.0 Å². The van der Waals surface area contributed by atoms with E-state index in [-0.39, 0.29) is 22.6 Å². The predicted octanol–water partition coefficient (Wildman–Crippen LogP) is 5.12. The highest BCUT2D eigenvalue weighted by Crippen LogP contribution is 2.52. The Bertz CT molecular complexity index is 1610. The van der Waals surface area contributed by atoms with Crippen LogP contribution in [0.1, 0.15) is 54.9 Å². The maximum absolute atomic E-state index is 15.8. The Morgan fingerprint density at radius 3 is 2.51 bits per heavy atom. The number of nitrogens with zero attached hydrogens (tertiary/aromatic N) is 6. The van der Waals surface area contributed by atoms with Gasteiger partial charge in [-0.2, -0.15) is 13.2 Å². The Kier molecular flexibility index (Phi) is 5.76. The zero-order chi connectivity index (χ0) is 27.7. The van der Waals surface area contributed by atoms with E-state index in [2.05, 4.69) is 15.1 Å². The van der Waals surface area contributed by atoms with Crippen LogP contribution in [-0.2, 0) is 25.4 Å². The minimum Gasteiger partial charge on any atom is -0.318 e. The number of aryl methyl sites for hydroxylation is 1. The predicted molar refractivity (Wildman–Crippen MR) is 133 cm³/mol. The number of imidazole rings is 1. The van der Waals surface area contributed by atoms with Crippen LogP contribution in [0, 0.1) is 5.41 Å². The molecule has 4 aromatic rings. The van der Waals surface area contributed by atoms with Gasteiger partial charge in [0.2, 0.25) is 0 Å². The SMILES string of the molecule is Cn1cnnc1[C@H](F)[C@@](C)(F)c1cccc(-n2cc3c(C(F)(F)F)cc(CN4CCC5(CC5)C4)cn3c2=O)c1. The van der Waals surface area contributed by atoms with Gasteiger partial charge in [-0.1, -0.05) is 12.1 Å². The Morgan fingerprint density at radius 1 is 1.10 bits per heavy atom. The van der Waals surface area contributed by atoms with Gasteiger partial charge in [-0.25, -0.2) is 13.6 Å². The first kappa shape index (κ1) is 25.7. The molecule has 1 saturated heterocycles. The van der Waals surface area contributed by atoms with Crippen LogP contribution < -0.4 is 5.69 Å². The highest BCUT2D eigenvalue weighted by atomic mass is 19.4. The van der Waals surface area contributed by atoms with Crippen molar-refractivity contribution in [3.8, 4) is 5.69 Å². The van der Waals surface area contributed by atoms with Gasteiger partial charge in [-0.15, -0.1) is 10.2 Å². The van der Waals surface area contributed by atoms with E-state index in [1.807, 2.05) is 0 Å². The molecule has 206 valence electrons. The van der Waals surface area contributed by atoms with Crippen molar-refractivity contribution in [1.29, 1.82) is 0 Å². The number of hydrogen-bond donors (Lipinski definition) is 0. The van der Waals surface area contributed by atoms with Gasteiger partial charge in [-0.05, 0) is 67.5 Å². The molecule has 1 aromatic carbocycles. The summed E-state index contributed by atoms with van der Waals surface area (Å²) in [5.41, 5.74) is -3.81. The molecule has 7 nitrogen and oxygen atoms in total. The van der Waals surface area contributed by atoms with E-state index in [0.29, 0.717) is 17.5 Å². The van der Waals surface area contributed by atoms with Crippen molar-refractivity contribution >= 4 is 5.52 Å². The normalized spacial score (nSPS) is 19.6. The van der Waals surface area contributed by atoms with Crippen molar-refractivity contribution in [3.63, 3.8) is 0 Å². The lowest BCUT2D eigenvalue weighted by atomic mass is 9.92. The lowest BCUT2D eigenvalue weighted by molar-refractivity contribution is -0.136. The third-order valence-corrected chi connectivity index (χ3v) is 8.15. The topological polar surface area (TPSA) is 60.4 Å². The van der Waals surface area contributed by atoms with Crippen molar-refractivity contribution in [3.05, 3.63) is 82.1 Å². The van der Waals surface area contributed by atoms with Gasteiger partial charge in [0.25, 0.3) is 0 Å². The molecule has 6 rings (SSSR count). The molecule has 2 aliphatic rings. The molecule has 4 heterocycles. The van der Waals surface area contributed by atoms with E-state index in [1.54, 1.807) is 0 Å². The molecule has 1 aliphatic heterocycles. The van der Waals surface area contributed by atoms with Crippen LogP contribution in [0.15, 0.2) is 53.8 Å². The van der Waals surface area contributed by atoms with Gasteiger partial charge in [0, 0.05) is 32.5 Å². The summed E-state index contributed by atoms with van der Waals surface area (Å²) in [5.74, 6) is -0.217. The number of fused-ring (bicyclic) bond motifs is 1. The fourth-order valence-electron chi connectivity index (χ4n) is 5.62. The molecule has 12 heteroatoms. The lowest BCUT2D eigenvalue weighted by Gasteiger charge is -2.24. The molecule has 1 saturated carbocycles.